The Bertz CT molecular complexity index is 385. The van der Waals surface area contributed by atoms with E-state index in [4.69, 9.17) is 5.73 Å². The van der Waals surface area contributed by atoms with E-state index in [1.165, 1.54) is 17.5 Å². The first-order chi connectivity index (χ1) is 8.74. The Labute approximate surface area is 110 Å². The Kier molecular flexibility index (Phi) is 4.61. The minimum absolute atomic E-state index is 0.524. The molecule has 0 saturated carbocycles. The van der Waals surface area contributed by atoms with Crippen molar-refractivity contribution < 1.29 is 0 Å². The van der Waals surface area contributed by atoms with E-state index in [-0.39, 0.29) is 0 Å². The lowest BCUT2D eigenvalue weighted by Gasteiger charge is -2.20. The Morgan fingerprint density at radius 2 is 2.11 bits per heavy atom. The van der Waals surface area contributed by atoms with Crippen LogP contribution in [0.4, 0.5) is 5.69 Å². The summed E-state index contributed by atoms with van der Waals surface area (Å²) in [6, 6.07) is 6.85. The molecule has 0 spiro atoms. The predicted octanol–water partition coefficient (Wildman–Crippen LogP) is 2.19. The van der Waals surface area contributed by atoms with Gasteiger partial charge in [0.05, 0.1) is 0 Å². The molecule has 1 unspecified atom stereocenters. The zero-order valence-corrected chi connectivity index (χ0v) is 11.6. The lowest BCUT2D eigenvalue weighted by Crippen LogP contribution is -2.33. The molecule has 0 aliphatic heterocycles. The number of hydrogen-bond donors (Lipinski definition) is 2. The number of nitrogens with two attached hydrogens (primary N) is 1. The number of rotatable bonds is 6. The summed E-state index contributed by atoms with van der Waals surface area (Å²) < 4.78 is 0. The fourth-order valence-corrected chi connectivity index (χ4v) is 2.79. The first-order valence-corrected chi connectivity index (χ1v) is 7.08. The van der Waals surface area contributed by atoms with Gasteiger partial charge in [0.25, 0.3) is 0 Å². The Morgan fingerprint density at radius 3 is 2.83 bits per heavy atom. The number of benzene rings is 1. The van der Waals surface area contributed by atoms with E-state index in [2.05, 4.69) is 36.2 Å². The topological polar surface area (TPSA) is 41.3 Å². The molecule has 0 saturated heterocycles. The van der Waals surface area contributed by atoms with E-state index in [9.17, 15) is 0 Å². The lowest BCUT2D eigenvalue weighted by atomic mass is 10.1. The number of aryl methyl sites for hydroxylation is 1. The molecule has 1 aliphatic carbocycles. The predicted molar refractivity (Wildman–Crippen MR) is 77.7 cm³/mol. The zero-order chi connectivity index (χ0) is 13.0. The summed E-state index contributed by atoms with van der Waals surface area (Å²) in [5, 5.41) is 3.67. The number of hydrogen-bond acceptors (Lipinski definition) is 3. The van der Waals surface area contributed by atoms with Crippen molar-refractivity contribution in [3.05, 3.63) is 29.3 Å². The number of nitrogens with zero attached hydrogens (tertiary/aromatic N) is 1. The maximum Gasteiger partial charge on any atom is 0.0326 e. The number of nitrogens with one attached hydrogen (secondary N) is 1. The SMILES string of the molecule is CCN(CC)CCNC1CCc2cc(N)ccc21. The van der Waals surface area contributed by atoms with Gasteiger partial charge >= 0.3 is 0 Å². The Hall–Kier alpha value is -1.06. The molecule has 18 heavy (non-hydrogen) atoms. The van der Waals surface area contributed by atoms with E-state index < -0.39 is 0 Å². The van der Waals surface area contributed by atoms with Gasteiger partial charge in [-0.05, 0) is 49.2 Å². The van der Waals surface area contributed by atoms with Crippen molar-refractivity contribution in [1.29, 1.82) is 0 Å². The highest BCUT2D eigenvalue weighted by Crippen LogP contribution is 2.32. The van der Waals surface area contributed by atoms with Gasteiger partial charge in [-0.1, -0.05) is 19.9 Å². The highest BCUT2D eigenvalue weighted by Gasteiger charge is 2.21. The van der Waals surface area contributed by atoms with Gasteiger partial charge in [-0.2, -0.15) is 0 Å². The Balaban J connectivity index is 1.86. The number of fused-ring (bicyclic) bond motifs is 1. The monoisotopic (exact) mass is 247 g/mol. The maximum atomic E-state index is 5.83. The molecule has 3 heteroatoms. The highest BCUT2D eigenvalue weighted by atomic mass is 15.1. The molecule has 1 aromatic carbocycles. The van der Waals surface area contributed by atoms with E-state index in [1.54, 1.807) is 0 Å². The summed E-state index contributed by atoms with van der Waals surface area (Å²) in [7, 11) is 0. The molecule has 2 rings (SSSR count). The van der Waals surface area contributed by atoms with Crippen molar-refractivity contribution in [3.63, 3.8) is 0 Å². The molecule has 1 atom stereocenters. The van der Waals surface area contributed by atoms with Crippen LogP contribution in [0.1, 0.15) is 37.4 Å². The molecule has 0 heterocycles. The van der Waals surface area contributed by atoms with Crippen molar-refractivity contribution >= 4 is 5.69 Å². The molecule has 0 amide bonds. The maximum absolute atomic E-state index is 5.83. The van der Waals surface area contributed by atoms with Gasteiger partial charge in [0.1, 0.15) is 0 Å². The minimum atomic E-state index is 0.524. The van der Waals surface area contributed by atoms with Crippen LogP contribution in [-0.4, -0.2) is 31.1 Å². The smallest absolute Gasteiger partial charge is 0.0326 e. The molecular weight excluding hydrogens is 222 g/mol. The lowest BCUT2D eigenvalue weighted by molar-refractivity contribution is 0.296. The third kappa shape index (κ3) is 3.03. The van der Waals surface area contributed by atoms with Crippen LogP contribution >= 0.6 is 0 Å². The molecule has 0 radical (unpaired) electrons. The molecule has 0 fully saturated rings. The molecule has 0 aromatic heterocycles. The molecule has 100 valence electrons. The van der Waals surface area contributed by atoms with E-state index in [1.807, 2.05) is 6.07 Å². The van der Waals surface area contributed by atoms with Gasteiger partial charge in [0.15, 0.2) is 0 Å². The summed E-state index contributed by atoms with van der Waals surface area (Å²) in [4.78, 5) is 2.45. The fraction of sp³-hybridized carbons (Fsp3) is 0.600. The van der Waals surface area contributed by atoms with Crippen LogP contribution in [0.5, 0.6) is 0 Å². The van der Waals surface area contributed by atoms with Gasteiger partial charge in [-0.15, -0.1) is 0 Å². The second kappa shape index (κ2) is 6.21. The minimum Gasteiger partial charge on any atom is -0.399 e. The zero-order valence-electron chi connectivity index (χ0n) is 11.6. The van der Waals surface area contributed by atoms with E-state index >= 15 is 0 Å². The first-order valence-electron chi connectivity index (χ1n) is 7.08. The van der Waals surface area contributed by atoms with Crippen molar-refractivity contribution in [2.24, 2.45) is 0 Å². The van der Waals surface area contributed by atoms with Crippen LogP contribution in [0.3, 0.4) is 0 Å². The third-order valence-electron chi connectivity index (χ3n) is 3.96. The summed E-state index contributed by atoms with van der Waals surface area (Å²) in [5.41, 5.74) is 9.59. The van der Waals surface area contributed by atoms with Gasteiger partial charge in [-0.3, -0.25) is 0 Å². The average Bonchev–Trinajstić information content (AvgIpc) is 2.77. The standard InChI is InChI=1S/C15H25N3/c1-3-18(4-2)10-9-17-15-8-5-12-11-13(16)6-7-14(12)15/h6-7,11,15,17H,3-5,8-10,16H2,1-2H3. The summed E-state index contributed by atoms with van der Waals surface area (Å²) in [6.45, 7) is 8.91. The van der Waals surface area contributed by atoms with Crippen LogP contribution in [-0.2, 0) is 6.42 Å². The van der Waals surface area contributed by atoms with Crippen LogP contribution in [0.2, 0.25) is 0 Å². The van der Waals surface area contributed by atoms with E-state index in [0.29, 0.717) is 6.04 Å². The van der Waals surface area contributed by atoms with Crippen molar-refractivity contribution in [3.8, 4) is 0 Å². The van der Waals surface area contributed by atoms with Crippen LogP contribution in [0.25, 0.3) is 0 Å². The van der Waals surface area contributed by atoms with Crippen molar-refractivity contribution in [1.82, 2.24) is 10.2 Å². The van der Waals surface area contributed by atoms with Gasteiger partial charge in [0.2, 0.25) is 0 Å². The summed E-state index contributed by atoms with van der Waals surface area (Å²) >= 11 is 0. The third-order valence-corrected chi connectivity index (χ3v) is 3.96. The van der Waals surface area contributed by atoms with Crippen molar-refractivity contribution in [2.45, 2.75) is 32.7 Å². The summed E-state index contributed by atoms with van der Waals surface area (Å²) in [5.74, 6) is 0. The second-order valence-electron chi connectivity index (χ2n) is 5.03. The number of likely N-dealkylation sites (N-methyl/N-ethyl adjacent to an activating group) is 1. The molecule has 1 aromatic rings. The highest BCUT2D eigenvalue weighted by molar-refractivity contribution is 5.47. The second-order valence-corrected chi connectivity index (χ2v) is 5.03. The van der Waals surface area contributed by atoms with Gasteiger partial charge in [0, 0.05) is 24.8 Å². The van der Waals surface area contributed by atoms with Gasteiger partial charge in [-0.25, -0.2) is 0 Å². The molecule has 0 bridgehead atoms. The number of anilines is 1. The fourth-order valence-electron chi connectivity index (χ4n) is 2.79. The largest absolute Gasteiger partial charge is 0.399 e. The van der Waals surface area contributed by atoms with Crippen LogP contribution in [0, 0.1) is 0 Å². The molecule has 3 N–H and O–H groups in total. The van der Waals surface area contributed by atoms with E-state index in [0.717, 1.165) is 38.3 Å². The van der Waals surface area contributed by atoms with Crippen LogP contribution in [0.15, 0.2) is 18.2 Å². The van der Waals surface area contributed by atoms with Gasteiger partial charge < -0.3 is 16.0 Å². The average molecular weight is 247 g/mol. The Morgan fingerprint density at radius 1 is 1.33 bits per heavy atom. The molecule has 3 nitrogen and oxygen atoms in total. The number of nitrogen functional groups attached to an aromatic ring is 1. The quantitative estimate of drug-likeness (QED) is 0.757. The van der Waals surface area contributed by atoms with Crippen LogP contribution < -0.4 is 11.1 Å². The summed E-state index contributed by atoms with van der Waals surface area (Å²) in [6.07, 6.45) is 2.36. The van der Waals surface area contributed by atoms with Crippen molar-refractivity contribution in [2.75, 3.05) is 31.9 Å². The normalized spacial score (nSPS) is 18.3. The first kappa shape index (κ1) is 13.4. The molecule has 1 aliphatic rings. The molecular formula is C15H25N3.